The maximum Gasteiger partial charge on any atom is 0.231 e. The van der Waals surface area contributed by atoms with Crippen LogP contribution in [0.3, 0.4) is 0 Å². The Kier molecular flexibility index (Phi) is 8.03. The molecule has 5 rings (SSSR count). The van der Waals surface area contributed by atoms with Gasteiger partial charge in [-0.05, 0) is 79.2 Å². The van der Waals surface area contributed by atoms with Crippen LogP contribution in [0.2, 0.25) is 0 Å². The molecule has 3 aromatic carbocycles. The number of carbonyl (C=O) groups is 1. The van der Waals surface area contributed by atoms with Crippen molar-refractivity contribution in [1.82, 2.24) is 10.6 Å². The summed E-state index contributed by atoms with van der Waals surface area (Å²) < 4.78 is 59.0. The van der Waals surface area contributed by atoms with E-state index in [9.17, 15) is 18.0 Å². The number of benzene rings is 3. The summed E-state index contributed by atoms with van der Waals surface area (Å²) in [6.07, 6.45) is 1.44. The summed E-state index contributed by atoms with van der Waals surface area (Å²) >= 11 is 0. The number of fused-ring (bicyclic) bond motifs is 1. The molecule has 200 valence electrons. The third-order valence-electron chi connectivity index (χ3n) is 7.08. The van der Waals surface area contributed by atoms with Gasteiger partial charge in [-0.25, -0.2) is 13.2 Å². The summed E-state index contributed by atoms with van der Waals surface area (Å²) in [4.78, 5) is 12.5. The van der Waals surface area contributed by atoms with E-state index in [1.54, 1.807) is 12.1 Å². The molecular formula is C29H29F3N2O4. The zero-order valence-corrected chi connectivity index (χ0v) is 20.8. The molecule has 0 spiro atoms. The highest BCUT2D eigenvalue weighted by Gasteiger charge is 2.27. The number of carbonyl (C=O) groups excluding carboxylic acids is 1. The third kappa shape index (κ3) is 6.05. The molecule has 3 aromatic rings. The van der Waals surface area contributed by atoms with Gasteiger partial charge in [0, 0.05) is 18.2 Å². The minimum Gasteiger partial charge on any atom is -0.493 e. The molecule has 0 radical (unpaired) electrons. The molecule has 0 aliphatic carbocycles. The number of hydrogen-bond acceptors (Lipinski definition) is 5. The molecule has 2 N–H and O–H groups in total. The predicted molar refractivity (Wildman–Crippen MR) is 135 cm³/mol. The number of amides is 1. The Morgan fingerprint density at radius 2 is 1.82 bits per heavy atom. The molecule has 6 nitrogen and oxygen atoms in total. The van der Waals surface area contributed by atoms with Crippen LogP contribution in [0.4, 0.5) is 13.2 Å². The van der Waals surface area contributed by atoms with Crippen LogP contribution in [0.5, 0.6) is 17.2 Å². The zero-order valence-electron chi connectivity index (χ0n) is 20.8. The second kappa shape index (κ2) is 11.8. The molecule has 0 aromatic heterocycles. The second-order valence-corrected chi connectivity index (χ2v) is 9.52. The average molecular weight is 527 g/mol. The van der Waals surface area contributed by atoms with Gasteiger partial charge in [-0.2, -0.15) is 0 Å². The number of rotatable bonds is 9. The molecule has 2 aliphatic rings. The van der Waals surface area contributed by atoms with Crippen LogP contribution < -0.4 is 24.8 Å². The summed E-state index contributed by atoms with van der Waals surface area (Å²) in [6.45, 7) is 2.05. The Hall–Kier alpha value is -3.72. The monoisotopic (exact) mass is 526 g/mol. The molecule has 1 saturated heterocycles. The van der Waals surface area contributed by atoms with Crippen molar-refractivity contribution in [3.63, 3.8) is 0 Å². The van der Waals surface area contributed by atoms with Crippen LogP contribution in [0.1, 0.15) is 35.4 Å². The highest BCUT2D eigenvalue weighted by atomic mass is 19.1. The van der Waals surface area contributed by atoms with Crippen molar-refractivity contribution in [3.05, 3.63) is 88.7 Å². The van der Waals surface area contributed by atoms with Crippen molar-refractivity contribution in [1.29, 1.82) is 0 Å². The van der Waals surface area contributed by atoms with Crippen LogP contribution in [-0.2, 0) is 17.8 Å². The fourth-order valence-electron chi connectivity index (χ4n) is 5.04. The Morgan fingerprint density at radius 3 is 2.66 bits per heavy atom. The standard InChI is InChI=1S/C29H29F3N2O4/c30-24-6-4-18(12-20(24)13-29(35)34-16-23-25(31)2-1-3-26(23)32)22-8-10-33-15-19(22)9-11-36-21-5-7-27-28(14-21)38-17-37-27/h1-7,12,14,19,22,33H,8-11,13,15-17H2,(H,34,35)/t19-,22+/m1/s1. The first-order chi connectivity index (χ1) is 18.5. The molecule has 0 bridgehead atoms. The number of piperidine rings is 1. The lowest BCUT2D eigenvalue weighted by atomic mass is 9.79. The van der Waals surface area contributed by atoms with Crippen molar-refractivity contribution >= 4 is 5.91 Å². The van der Waals surface area contributed by atoms with E-state index < -0.39 is 23.4 Å². The van der Waals surface area contributed by atoms with Gasteiger partial charge in [0.15, 0.2) is 11.5 Å². The van der Waals surface area contributed by atoms with Crippen LogP contribution in [-0.4, -0.2) is 32.4 Å². The van der Waals surface area contributed by atoms with Gasteiger partial charge in [0.1, 0.15) is 23.2 Å². The van der Waals surface area contributed by atoms with E-state index in [-0.39, 0.29) is 42.7 Å². The van der Waals surface area contributed by atoms with Crippen LogP contribution in [0, 0.1) is 23.4 Å². The second-order valence-electron chi connectivity index (χ2n) is 9.52. The number of hydrogen-bond donors (Lipinski definition) is 2. The molecule has 0 saturated carbocycles. The normalized spacial score (nSPS) is 18.3. The van der Waals surface area contributed by atoms with Crippen molar-refractivity contribution in [2.45, 2.75) is 31.7 Å². The third-order valence-corrected chi connectivity index (χ3v) is 7.08. The van der Waals surface area contributed by atoms with Crippen molar-refractivity contribution in [2.75, 3.05) is 26.5 Å². The van der Waals surface area contributed by atoms with Gasteiger partial charge in [-0.3, -0.25) is 4.79 Å². The number of ether oxygens (including phenoxy) is 3. The highest BCUT2D eigenvalue weighted by molar-refractivity contribution is 5.78. The summed E-state index contributed by atoms with van der Waals surface area (Å²) in [5, 5.41) is 5.92. The fraction of sp³-hybridized carbons (Fsp3) is 0.345. The van der Waals surface area contributed by atoms with Crippen LogP contribution >= 0.6 is 0 Å². The first kappa shape index (κ1) is 25.9. The lowest BCUT2D eigenvalue weighted by molar-refractivity contribution is -0.120. The van der Waals surface area contributed by atoms with E-state index in [2.05, 4.69) is 10.6 Å². The summed E-state index contributed by atoms with van der Waals surface area (Å²) in [7, 11) is 0. The van der Waals surface area contributed by atoms with Crippen molar-refractivity contribution < 1.29 is 32.2 Å². The van der Waals surface area contributed by atoms with Gasteiger partial charge in [-0.1, -0.05) is 18.2 Å². The van der Waals surface area contributed by atoms with Gasteiger partial charge in [0.05, 0.1) is 13.0 Å². The van der Waals surface area contributed by atoms with Gasteiger partial charge in [0.25, 0.3) is 0 Å². The van der Waals surface area contributed by atoms with Crippen LogP contribution in [0.15, 0.2) is 54.6 Å². The van der Waals surface area contributed by atoms with Gasteiger partial charge < -0.3 is 24.8 Å². The Labute approximate surface area is 219 Å². The largest absolute Gasteiger partial charge is 0.493 e. The first-order valence-electron chi connectivity index (χ1n) is 12.7. The van der Waals surface area contributed by atoms with E-state index in [0.29, 0.717) is 23.9 Å². The molecule has 2 heterocycles. The predicted octanol–water partition coefficient (Wildman–Crippen LogP) is 4.85. The molecular weight excluding hydrogens is 497 g/mol. The molecule has 0 unspecified atom stereocenters. The maximum absolute atomic E-state index is 14.6. The Bertz CT molecular complexity index is 1280. The Balaban J connectivity index is 1.20. The summed E-state index contributed by atoms with van der Waals surface area (Å²) in [6, 6.07) is 13.9. The van der Waals surface area contributed by atoms with E-state index in [1.165, 1.54) is 12.1 Å². The van der Waals surface area contributed by atoms with E-state index in [0.717, 1.165) is 43.6 Å². The molecule has 1 fully saturated rings. The molecule has 2 atom stereocenters. The molecule has 2 aliphatic heterocycles. The topological polar surface area (TPSA) is 68.8 Å². The molecule has 1 amide bonds. The fourth-order valence-corrected chi connectivity index (χ4v) is 5.04. The minimum absolute atomic E-state index is 0.173. The van der Waals surface area contributed by atoms with E-state index in [4.69, 9.17) is 14.2 Å². The average Bonchev–Trinajstić information content (AvgIpc) is 3.38. The number of halogens is 3. The minimum atomic E-state index is -0.738. The van der Waals surface area contributed by atoms with Crippen molar-refractivity contribution in [3.8, 4) is 17.2 Å². The van der Waals surface area contributed by atoms with Gasteiger partial charge in [-0.15, -0.1) is 0 Å². The zero-order chi connectivity index (χ0) is 26.5. The Morgan fingerprint density at radius 1 is 1.00 bits per heavy atom. The van der Waals surface area contributed by atoms with Gasteiger partial charge in [0.2, 0.25) is 12.7 Å². The molecule has 9 heteroatoms. The maximum atomic E-state index is 14.6. The van der Waals surface area contributed by atoms with Crippen molar-refractivity contribution in [2.24, 2.45) is 5.92 Å². The van der Waals surface area contributed by atoms with E-state index >= 15 is 0 Å². The SMILES string of the molecule is O=C(Cc1cc([C@@H]2CCNC[C@H]2CCOc2ccc3c(c2)OCO3)ccc1F)NCc1c(F)cccc1F. The van der Waals surface area contributed by atoms with E-state index in [1.807, 2.05) is 18.2 Å². The lowest BCUT2D eigenvalue weighted by Crippen LogP contribution is -2.36. The molecule has 38 heavy (non-hydrogen) atoms. The quantitative estimate of drug-likeness (QED) is 0.417. The van der Waals surface area contributed by atoms with Gasteiger partial charge >= 0.3 is 0 Å². The lowest BCUT2D eigenvalue weighted by Gasteiger charge is -2.33. The van der Waals surface area contributed by atoms with Crippen LogP contribution in [0.25, 0.3) is 0 Å². The summed E-state index contributed by atoms with van der Waals surface area (Å²) in [5.74, 6) is 0.0345. The smallest absolute Gasteiger partial charge is 0.231 e. The summed E-state index contributed by atoms with van der Waals surface area (Å²) in [5.41, 5.74) is 0.988. The first-order valence-corrected chi connectivity index (χ1v) is 12.7. The number of nitrogens with one attached hydrogen (secondary N) is 2. The highest BCUT2D eigenvalue weighted by Crippen LogP contribution is 2.36.